The molecule has 1 spiro atoms. The van der Waals surface area contributed by atoms with Gasteiger partial charge in [0.05, 0.1) is 18.3 Å². The molecule has 2 fully saturated rings. The second-order valence-corrected chi connectivity index (χ2v) is 12.3. The summed E-state index contributed by atoms with van der Waals surface area (Å²) in [6.07, 6.45) is 6.45. The summed E-state index contributed by atoms with van der Waals surface area (Å²) in [4.78, 5) is 41.3. The van der Waals surface area contributed by atoms with Crippen molar-refractivity contribution in [3.05, 3.63) is 106 Å². The summed E-state index contributed by atoms with van der Waals surface area (Å²) in [5.41, 5.74) is 2.23. The van der Waals surface area contributed by atoms with Gasteiger partial charge in [-0.3, -0.25) is 4.79 Å². The Morgan fingerprint density at radius 1 is 0.978 bits per heavy atom. The summed E-state index contributed by atoms with van der Waals surface area (Å²) < 4.78 is 10.6. The number of amides is 1. The summed E-state index contributed by atoms with van der Waals surface area (Å²) in [5, 5.41) is 6.45. The third-order valence-electron chi connectivity index (χ3n) is 8.94. The molecule has 1 aliphatic heterocycles. The van der Waals surface area contributed by atoms with Gasteiger partial charge in [-0.15, -0.1) is 0 Å². The normalized spacial score (nSPS) is 16.8. The number of ether oxygens (including phenoxy) is 2. The highest BCUT2D eigenvalue weighted by Crippen LogP contribution is 2.49. The molecule has 2 aromatic heterocycles. The van der Waals surface area contributed by atoms with E-state index in [1.807, 2.05) is 54.6 Å². The number of pyridine rings is 1. The molecule has 10 nitrogen and oxygen atoms in total. The maximum atomic E-state index is 13.5. The van der Waals surface area contributed by atoms with Gasteiger partial charge in [0.2, 0.25) is 5.78 Å². The molecule has 3 heterocycles. The molecule has 1 amide bonds. The number of nitrogens with zero attached hydrogens (tertiary/aromatic N) is 4. The average Bonchev–Trinajstić information content (AvgIpc) is 3.09. The highest BCUT2D eigenvalue weighted by atomic mass is 35.5. The van der Waals surface area contributed by atoms with Gasteiger partial charge in [0.1, 0.15) is 29.7 Å². The van der Waals surface area contributed by atoms with Crippen molar-refractivity contribution in [2.24, 2.45) is 5.41 Å². The van der Waals surface area contributed by atoms with Gasteiger partial charge in [-0.05, 0) is 60.4 Å². The van der Waals surface area contributed by atoms with Crippen molar-refractivity contribution in [3.8, 4) is 5.75 Å². The number of anilines is 2. The van der Waals surface area contributed by atoms with Crippen LogP contribution in [0.15, 0.2) is 73.1 Å². The van der Waals surface area contributed by atoms with Crippen LogP contribution in [0.1, 0.15) is 52.9 Å². The fourth-order valence-corrected chi connectivity index (χ4v) is 6.56. The van der Waals surface area contributed by atoms with Crippen molar-refractivity contribution in [1.29, 1.82) is 0 Å². The van der Waals surface area contributed by atoms with Crippen molar-refractivity contribution in [2.45, 2.75) is 44.9 Å². The monoisotopic (exact) mass is 660 g/mol. The van der Waals surface area contributed by atoms with Crippen molar-refractivity contribution in [1.82, 2.24) is 20.3 Å². The molecule has 0 radical (unpaired) electrons. The summed E-state index contributed by atoms with van der Waals surface area (Å²) in [6, 6.07) is 18.8. The summed E-state index contributed by atoms with van der Waals surface area (Å²) in [6.45, 7) is 2.16. The maximum Gasteiger partial charge on any atom is 0.407 e. The van der Waals surface area contributed by atoms with Gasteiger partial charge in [0.25, 0.3) is 0 Å². The van der Waals surface area contributed by atoms with Gasteiger partial charge in [0.15, 0.2) is 5.15 Å². The molecule has 2 N–H and O–H groups in total. The van der Waals surface area contributed by atoms with Gasteiger partial charge >= 0.3 is 6.09 Å². The van der Waals surface area contributed by atoms with Crippen LogP contribution < -0.4 is 20.3 Å². The number of benzene rings is 2. The Labute approximate surface area is 277 Å². The first-order valence-corrected chi connectivity index (χ1v) is 15.9. The Kier molecular flexibility index (Phi) is 9.56. The van der Waals surface area contributed by atoms with Crippen molar-refractivity contribution in [3.63, 3.8) is 0 Å². The van der Waals surface area contributed by atoms with Crippen molar-refractivity contribution >= 4 is 46.7 Å². The Hall–Kier alpha value is -4.41. The molecule has 6 rings (SSSR count). The highest BCUT2D eigenvalue weighted by Gasteiger charge is 2.49. The minimum Gasteiger partial charge on any atom is -0.497 e. The van der Waals surface area contributed by atoms with Gasteiger partial charge in [-0.1, -0.05) is 65.7 Å². The second kappa shape index (κ2) is 13.9. The van der Waals surface area contributed by atoms with E-state index in [4.69, 9.17) is 32.7 Å². The molecule has 12 heteroatoms. The van der Waals surface area contributed by atoms with Crippen LogP contribution in [-0.2, 0) is 17.9 Å². The number of aromatic nitrogens is 3. The fraction of sp³-hybridized carbons (Fsp3) is 0.324. The van der Waals surface area contributed by atoms with Crippen LogP contribution in [0, 0.1) is 5.41 Å². The number of ketones is 1. The van der Waals surface area contributed by atoms with Crippen LogP contribution in [0.5, 0.6) is 5.75 Å². The Bertz CT molecular complexity index is 1700. The lowest BCUT2D eigenvalue weighted by Gasteiger charge is -2.53. The topological polar surface area (TPSA) is 119 Å². The molecule has 1 unspecified atom stereocenters. The predicted molar refractivity (Wildman–Crippen MR) is 177 cm³/mol. The van der Waals surface area contributed by atoms with Crippen LogP contribution in [0.3, 0.4) is 0 Å². The van der Waals surface area contributed by atoms with E-state index >= 15 is 0 Å². The number of methoxy groups -OCH3 is 1. The number of carbonyl (C=O) groups excluding carboxylic acids is 2. The summed E-state index contributed by atoms with van der Waals surface area (Å²) in [5.74, 6) is 1.30. The third-order valence-corrected chi connectivity index (χ3v) is 9.59. The van der Waals surface area contributed by atoms with E-state index in [9.17, 15) is 9.59 Å². The number of hydrogen-bond donors (Lipinski definition) is 2. The Balaban J connectivity index is 1.04. The van der Waals surface area contributed by atoms with Crippen molar-refractivity contribution in [2.75, 3.05) is 30.4 Å². The standard InChI is InChI=1S/C34H34Cl2N6O4/c1-45-24-9-7-22(8-10-24)19-39-32-28(35)25(12-16-37-32)30(43)29-31(36)41-27(20-38-29)42-17-14-34(15-18-42)13-11-26(34)40-33(44)46-21-23-5-3-2-4-6-23/h2-10,12,16,20,26H,11,13-15,17-19,21H2,1H3,(H,37,39)(H,40,44). The molecule has 0 bridgehead atoms. The minimum absolute atomic E-state index is 0.00718. The zero-order chi connectivity index (χ0) is 32.1. The van der Waals surface area contributed by atoms with Crippen LogP contribution >= 0.6 is 23.2 Å². The van der Waals surface area contributed by atoms with E-state index in [1.165, 1.54) is 6.20 Å². The first-order chi connectivity index (χ1) is 22.3. The van der Waals surface area contributed by atoms with Gasteiger partial charge in [0, 0.05) is 37.4 Å². The molecule has 4 aromatic rings. The smallest absolute Gasteiger partial charge is 0.407 e. The lowest BCUT2D eigenvalue weighted by molar-refractivity contribution is 0.0315. The SMILES string of the molecule is COc1ccc(CNc2nccc(C(=O)c3ncc(N4CCC5(CCC5NC(=O)OCc5ccccc5)CC4)nc3Cl)c2Cl)cc1. The highest BCUT2D eigenvalue weighted by molar-refractivity contribution is 6.38. The number of halogens is 2. The van der Waals surface area contributed by atoms with E-state index in [0.717, 1.165) is 55.6 Å². The Morgan fingerprint density at radius 2 is 1.74 bits per heavy atom. The molecular weight excluding hydrogens is 627 g/mol. The van der Waals surface area contributed by atoms with Gasteiger partial charge in [-0.25, -0.2) is 19.7 Å². The van der Waals surface area contributed by atoms with E-state index in [1.54, 1.807) is 19.4 Å². The third kappa shape index (κ3) is 6.88. The first kappa shape index (κ1) is 31.6. The zero-order valence-corrected chi connectivity index (χ0v) is 26.9. The lowest BCUT2D eigenvalue weighted by atomic mass is 9.59. The molecular formula is C34H34Cl2N6O4. The van der Waals surface area contributed by atoms with E-state index in [0.29, 0.717) is 18.2 Å². The minimum atomic E-state index is -0.441. The maximum absolute atomic E-state index is 13.5. The van der Waals surface area contributed by atoms with Crippen LogP contribution in [-0.4, -0.2) is 53.1 Å². The van der Waals surface area contributed by atoms with Crippen LogP contribution in [0.2, 0.25) is 10.2 Å². The molecule has 2 aromatic carbocycles. The number of nitrogens with one attached hydrogen (secondary N) is 2. The molecule has 238 valence electrons. The number of piperidine rings is 1. The average molecular weight is 662 g/mol. The number of carbonyl (C=O) groups is 2. The fourth-order valence-electron chi connectivity index (χ4n) is 6.07. The molecule has 2 aliphatic rings. The predicted octanol–water partition coefficient (Wildman–Crippen LogP) is 6.71. The number of rotatable bonds is 10. The molecule has 46 heavy (non-hydrogen) atoms. The van der Waals surface area contributed by atoms with E-state index in [-0.39, 0.29) is 45.6 Å². The van der Waals surface area contributed by atoms with E-state index < -0.39 is 5.78 Å². The quantitative estimate of drug-likeness (QED) is 0.179. The van der Waals surface area contributed by atoms with Crippen LogP contribution in [0.4, 0.5) is 16.4 Å². The summed E-state index contributed by atoms with van der Waals surface area (Å²) in [7, 11) is 1.62. The van der Waals surface area contributed by atoms with Gasteiger partial charge in [-0.2, -0.15) is 0 Å². The largest absolute Gasteiger partial charge is 0.497 e. The zero-order valence-electron chi connectivity index (χ0n) is 25.3. The lowest BCUT2D eigenvalue weighted by Crippen LogP contribution is -2.59. The second-order valence-electron chi connectivity index (χ2n) is 11.6. The number of alkyl carbamates (subject to hydrolysis) is 1. The van der Waals surface area contributed by atoms with Gasteiger partial charge < -0.3 is 25.0 Å². The molecule has 1 saturated carbocycles. The first-order valence-electron chi connectivity index (χ1n) is 15.2. The van der Waals surface area contributed by atoms with Crippen molar-refractivity contribution < 1.29 is 19.1 Å². The van der Waals surface area contributed by atoms with Crippen LogP contribution in [0.25, 0.3) is 0 Å². The molecule has 1 atom stereocenters. The Morgan fingerprint density at radius 3 is 2.41 bits per heavy atom. The molecule has 1 saturated heterocycles. The van der Waals surface area contributed by atoms with E-state index in [2.05, 4.69) is 30.5 Å². The number of hydrogen-bond acceptors (Lipinski definition) is 9. The molecule has 1 aliphatic carbocycles. The summed E-state index contributed by atoms with van der Waals surface area (Å²) >= 11 is 13.1.